The lowest BCUT2D eigenvalue weighted by Crippen LogP contribution is -2.37. The van der Waals surface area contributed by atoms with E-state index in [1.54, 1.807) is 0 Å². The van der Waals surface area contributed by atoms with Crippen molar-refractivity contribution in [1.82, 2.24) is 15.5 Å². The Morgan fingerprint density at radius 3 is 2.19 bits per heavy atom. The van der Waals surface area contributed by atoms with Crippen molar-refractivity contribution in [2.24, 2.45) is 0 Å². The number of carbonyl (C=O) groups excluding carboxylic acids is 1. The van der Waals surface area contributed by atoms with Crippen LogP contribution in [-0.2, 0) is 0 Å². The maximum atomic E-state index is 11.3. The smallest absolute Gasteiger partial charge is 0.314 e. The molecular weight excluding hydrogens is 202 g/mol. The van der Waals surface area contributed by atoms with E-state index in [0.29, 0.717) is 0 Å². The van der Waals surface area contributed by atoms with Crippen LogP contribution in [0.15, 0.2) is 0 Å². The van der Waals surface area contributed by atoms with Crippen LogP contribution in [-0.4, -0.2) is 44.7 Å². The van der Waals surface area contributed by atoms with E-state index in [9.17, 15) is 4.79 Å². The zero-order chi connectivity index (χ0) is 12.2. The van der Waals surface area contributed by atoms with Crippen molar-refractivity contribution < 1.29 is 4.79 Å². The molecule has 2 amide bonds. The Morgan fingerprint density at radius 2 is 1.62 bits per heavy atom. The Bertz CT molecular complexity index is 172. The van der Waals surface area contributed by atoms with Crippen LogP contribution in [0.5, 0.6) is 0 Å². The molecule has 0 rings (SSSR count). The fourth-order valence-corrected chi connectivity index (χ4v) is 1.41. The van der Waals surface area contributed by atoms with E-state index in [1.807, 2.05) is 14.1 Å². The summed E-state index contributed by atoms with van der Waals surface area (Å²) in [4.78, 5) is 13.4. The van der Waals surface area contributed by atoms with Gasteiger partial charge in [-0.15, -0.1) is 0 Å². The minimum Gasteiger partial charge on any atom is -0.338 e. The molecule has 0 fully saturated rings. The van der Waals surface area contributed by atoms with Crippen molar-refractivity contribution in [2.75, 3.05) is 33.7 Å². The Kier molecular flexibility index (Phi) is 10.2. The Balaban J connectivity index is 3.18. The van der Waals surface area contributed by atoms with Gasteiger partial charge in [0, 0.05) is 13.1 Å². The summed E-state index contributed by atoms with van der Waals surface area (Å²) >= 11 is 0. The van der Waals surface area contributed by atoms with Gasteiger partial charge in [0.1, 0.15) is 0 Å². The van der Waals surface area contributed by atoms with E-state index in [2.05, 4.69) is 22.5 Å². The van der Waals surface area contributed by atoms with E-state index >= 15 is 0 Å². The third kappa shape index (κ3) is 11.3. The molecular formula is C12H27N3O. The normalized spacial score (nSPS) is 10.5. The molecule has 16 heavy (non-hydrogen) atoms. The van der Waals surface area contributed by atoms with Gasteiger partial charge in [0.05, 0.1) is 0 Å². The summed E-state index contributed by atoms with van der Waals surface area (Å²) in [7, 11) is 4.07. The number of carbonyl (C=O) groups is 1. The molecule has 0 aromatic rings. The lowest BCUT2D eigenvalue weighted by molar-refractivity contribution is 0.240. The Labute approximate surface area is 99.8 Å². The predicted molar refractivity (Wildman–Crippen MR) is 68.7 cm³/mol. The minimum atomic E-state index is -0.0322. The molecule has 0 aliphatic carbocycles. The monoisotopic (exact) mass is 229 g/mol. The fourth-order valence-electron chi connectivity index (χ4n) is 1.41. The first-order valence-corrected chi connectivity index (χ1v) is 6.33. The first kappa shape index (κ1) is 15.2. The topological polar surface area (TPSA) is 44.4 Å². The van der Waals surface area contributed by atoms with Crippen LogP contribution >= 0.6 is 0 Å². The van der Waals surface area contributed by atoms with E-state index in [0.717, 1.165) is 32.5 Å². The molecule has 0 bridgehead atoms. The minimum absolute atomic E-state index is 0.0322. The largest absolute Gasteiger partial charge is 0.338 e. The first-order chi connectivity index (χ1) is 7.66. The zero-order valence-corrected chi connectivity index (χ0v) is 11.0. The highest BCUT2D eigenvalue weighted by Gasteiger charge is 1.98. The lowest BCUT2D eigenvalue weighted by Gasteiger charge is -2.10. The third-order valence-corrected chi connectivity index (χ3v) is 2.38. The second-order valence-electron chi connectivity index (χ2n) is 4.40. The summed E-state index contributed by atoms with van der Waals surface area (Å²) in [6.45, 7) is 4.74. The quantitative estimate of drug-likeness (QED) is 0.592. The van der Waals surface area contributed by atoms with Crippen LogP contribution in [0.25, 0.3) is 0 Å². The SMILES string of the molecule is CCCCCCNC(=O)NCCCN(C)C. The maximum absolute atomic E-state index is 11.3. The summed E-state index contributed by atoms with van der Waals surface area (Å²) in [6, 6.07) is -0.0322. The highest BCUT2D eigenvalue weighted by molar-refractivity contribution is 5.73. The summed E-state index contributed by atoms with van der Waals surface area (Å²) < 4.78 is 0. The van der Waals surface area contributed by atoms with Crippen molar-refractivity contribution in [2.45, 2.75) is 39.0 Å². The average Bonchev–Trinajstić information content (AvgIpc) is 2.24. The van der Waals surface area contributed by atoms with Gasteiger partial charge in [-0.25, -0.2) is 4.79 Å². The Hall–Kier alpha value is -0.770. The number of urea groups is 1. The van der Waals surface area contributed by atoms with Crippen LogP contribution in [0.3, 0.4) is 0 Å². The molecule has 96 valence electrons. The van der Waals surface area contributed by atoms with E-state index in [4.69, 9.17) is 0 Å². The van der Waals surface area contributed by atoms with Crippen LogP contribution in [0.1, 0.15) is 39.0 Å². The number of rotatable bonds is 9. The number of nitrogens with zero attached hydrogens (tertiary/aromatic N) is 1. The molecule has 0 saturated carbocycles. The molecule has 4 heteroatoms. The molecule has 0 unspecified atom stereocenters. The van der Waals surface area contributed by atoms with E-state index in [1.165, 1.54) is 19.3 Å². The molecule has 0 atom stereocenters. The van der Waals surface area contributed by atoms with Crippen LogP contribution in [0.4, 0.5) is 4.79 Å². The zero-order valence-electron chi connectivity index (χ0n) is 11.0. The van der Waals surface area contributed by atoms with Crippen LogP contribution < -0.4 is 10.6 Å². The molecule has 4 nitrogen and oxygen atoms in total. The molecule has 0 radical (unpaired) electrons. The number of unbranched alkanes of at least 4 members (excludes halogenated alkanes) is 3. The highest BCUT2D eigenvalue weighted by atomic mass is 16.2. The highest BCUT2D eigenvalue weighted by Crippen LogP contribution is 1.96. The number of hydrogen-bond acceptors (Lipinski definition) is 2. The molecule has 0 saturated heterocycles. The van der Waals surface area contributed by atoms with Gasteiger partial charge in [-0.05, 0) is 33.5 Å². The van der Waals surface area contributed by atoms with Crippen molar-refractivity contribution in [3.8, 4) is 0 Å². The van der Waals surface area contributed by atoms with Gasteiger partial charge in [0.15, 0.2) is 0 Å². The first-order valence-electron chi connectivity index (χ1n) is 6.33. The number of hydrogen-bond donors (Lipinski definition) is 2. The molecule has 0 aromatic heterocycles. The summed E-state index contributed by atoms with van der Waals surface area (Å²) in [5, 5.41) is 5.72. The average molecular weight is 229 g/mol. The van der Waals surface area contributed by atoms with E-state index < -0.39 is 0 Å². The van der Waals surface area contributed by atoms with Crippen LogP contribution in [0, 0.1) is 0 Å². The fraction of sp³-hybridized carbons (Fsp3) is 0.917. The van der Waals surface area contributed by atoms with Gasteiger partial charge >= 0.3 is 6.03 Å². The molecule has 0 aromatic carbocycles. The van der Waals surface area contributed by atoms with Gasteiger partial charge in [0.2, 0.25) is 0 Å². The molecule has 0 aliphatic heterocycles. The van der Waals surface area contributed by atoms with Gasteiger partial charge < -0.3 is 15.5 Å². The van der Waals surface area contributed by atoms with Gasteiger partial charge in [-0.3, -0.25) is 0 Å². The van der Waals surface area contributed by atoms with Gasteiger partial charge in [0.25, 0.3) is 0 Å². The predicted octanol–water partition coefficient (Wildman–Crippen LogP) is 1.82. The van der Waals surface area contributed by atoms with Crippen molar-refractivity contribution >= 4 is 6.03 Å². The van der Waals surface area contributed by atoms with Gasteiger partial charge in [-0.1, -0.05) is 26.2 Å². The maximum Gasteiger partial charge on any atom is 0.314 e. The molecule has 0 aliphatic rings. The standard InChI is InChI=1S/C12H27N3O/c1-4-5-6-7-9-13-12(16)14-10-8-11-15(2)3/h4-11H2,1-3H3,(H2,13,14,16). The Morgan fingerprint density at radius 1 is 1.00 bits per heavy atom. The molecule has 2 N–H and O–H groups in total. The summed E-state index contributed by atoms with van der Waals surface area (Å²) in [5.41, 5.74) is 0. The number of amides is 2. The number of nitrogens with one attached hydrogen (secondary N) is 2. The second-order valence-corrected chi connectivity index (χ2v) is 4.40. The summed E-state index contributed by atoms with van der Waals surface area (Å²) in [5.74, 6) is 0. The third-order valence-electron chi connectivity index (χ3n) is 2.38. The summed E-state index contributed by atoms with van der Waals surface area (Å²) in [6.07, 6.45) is 5.77. The van der Waals surface area contributed by atoms with E-state index in [-0.39, 0.29) is 6.03 Å². The second kappa shape index (κ2) is 10.7. The lowest BCUT2D eigenvalue weighted by atomic mass is 10.2. The van der Waals surface area contributed by atoms with Crippen molar-refractivity contribution in [3.63, 3.8) is 0 Å². The van der Waals surface area contributed by atoms with Gasteiger partial charge in [-0.2, -0.15) is 0 Å². The molecule has 0 heterocycles. The molecule has 0 spiro atoms. The van der Waals surface area contributed by atoms with Crippen molar-refractivity contribution in [3.05, 3.63) is 0 Å². The van der Waals surface area contributed by atoms with Crippen LogP contribution in [0.2, 0.25) is 0 Å². The van der Waals surface area contributed by atoms with Crippen molar-refractivity contribution in [1.29, 1.82) is 0 Å².